The van der Waals surface area contributed by atoms with Gasteiger partial charge >= 0.3 is 0 Å². The molecule has 7 nitrogen and oxygen atoms in total. The van der Waals surface area contributed by atoms with E-state index in [1.54, 1.807) is 0 Å². The van der Waals surface area contributed by atoms with Crippen LogP contribution in [-0.2, 0) is 0 Å². The average molecular weight is 308 g/mol. The van der Waals surface area contributed by atoms with E-state index < -0.39 is 0 Å². The maximum atomic E-state index is 5.97. The van der Waals surface area contributed by atoms with Gasteiger partial charge in [0, 0.05) is 6.04 Å². The summed E-state index contributed by atoms with van der Waals surface area (Å²) in [5.41, 5.74) is 0.431. The van der Waals surface area contributed by atoms with Gasteiger partial charge in [0.05, 0.1) is 0 Å². The molecule has 8 heteroatoms. The zero-order valence-electron chi connectivity index (χ0n) is 12.1. The molecule has 1 aliphatic rings. The maximum absolute atomic E-state index is 5.97. The van der Waals surface area contributed by atoms with Crippen LogP contribution in [0.5, 0.6) is 0 Å². The topological polar surface area (TPSA) is 81.4 Å². The Morgan fingerprint density at radius 3 is 2.67 bits per heavy atom. The van der Waals surface area contributed by atoms with Gasteiger partial charge in [-0.2, -0.15) is 24.7 Å². The van der Waals surface area contributed by atoms with Crippen molar-refractivity contribution in [3.8, 4) is 5.95 Å². The van der Waals surface area contributed by atoms with Crippen molar-refractivity contribution in [1.29, 1.82) is 0 Å². The van der Waals surface area contributed by atoms with Crippen molar-refractivity contribution in [3.05, 3.63) is 17.9 Å². The van der Waals surface area contributed by atoms with Gasteiger partial charge < -0.3 is 5.32 Å². The van der Waals surface area contributed by atoms with E-state index in [1.165, 1.54) is 30.2 Å². The highest BCUT2D eigenvalue weighted by Gasteiger charge is 2.27. The zero-order chi connectivity index (χ0) is 14.9. The minimum absolute atomic E-state index is 0.147. The Morgan fingerprint density at radius 2 is 2.00 bits per heavy atom. The Balaban J connectivity index is 1.74. The van der Waals surface area contributed by atoms with Crippen molar-refractivity contribution in [2.24, 2.45) is 5.41 Å². The smallest absolute Gasteiger partial charge is 0.258 e. The van der Waals surface area contributed by atoms with Gasteiger partial charge in [0.25, 0.3) is 5.95 Å². The van der Waals surface area contributed by atoms with Gasteiger partial charge in [-0.3, -0.25) is 0 Å². The lowest BCUT2D eigenvalue weighted by atomic mass is 9.76. The summed E-state index contributed by atoms with van der Waals surface area (Å²) < 4.78 is 1.46. The van der Waals surface area contributed by atoms with E-state index in [2.05, 4.69) is 44.2 Å². The average Bonchev–Trinajstić information content (AvgIpc) is 2.95. The zero-order valence-corrected chi connectivity index (χ0v) is 12.9. The number of halogens is 1. The van der Waals surface area contributed by atoms with E-state index in [9.17, 15) is 0 Å². The van der Waals surface area contributed by atoms with Crippen molar-refractivity contribution in [3.63, 3.8) is 0 Å². The fraction of sp³-hybridized carbons (Fsp3) is 0.615. The molecule has 2 aromatic rings. The molecule has 112 valence electrons. The van der Waals surface area contributed by atoms with E-state index in [4.69, 9.17) is 11.6 Å². The van der Waals surface area contributed by atoms with Gasteiger partial charge in [-0.25, -0.2) is 4.98 Å². The Morgan fingerprint density at radius 1 is 1.24 bits per heavy atom. The summed E-state index contributed by atoms with van der Waals surface area (Å²) in [4.78, 5) is 16.4. The number of hydrogen-bond donors (Lipinski definition) is 1. The van der Waals surface area contributed by atoms with Crippen LogP contribution in [0.25, 0.3) is 5.95 Å². The second-order valence-corrected chi connectivity index (χ2v) is 6.49. The lowest BCUT2D eigenvalue weighted by Crippen LogP contribution is -2.30. The highest BCUT2D eigenvalue weighted by atomic mass is 35.5. The molecule has 0 amide bonds. The van der Waals surface area contributed by atoms with Gasteiger partial charge in [-0.05, 0) is 42.7 Å². The summed E-state index contributed by atoms with van der Waals surface area (Å²) in [6.07, 6.45) is 7.55. The third-order valence-electron chi connectivity index (χ3n) is 3.89. The molecule has 0 radical (unpaired) electrons. The van der Waals surface area contributed by atoms with Crippen LogP contribution in [0.3, 0.4) is 0 Å². The Hall–Kier alpha value is -1.76. The molecular formula is C13H18ClN7. The Bertz CT molecular complexity index is 601. The summed E-state index contributed by atoms with van der Waals surface area (Å²) in [6.45, 7) is 4.62. The summed E-state index contributed by atoms with van der Waals surface area (Å²) in [5, 5.41) is 7.50. The highest BCUT2D eigenvalue weighted by molar-refractivity contribution is 6.28. The molecule has 3 rings (SSSR count). The molecule has 0 atom stereocenters. The van der Waals surface area contributed by atoms with E-state index >= 15 is 0 Å². The fourth-order valence-corrected chi connectivity index (χ4v) is 2.70. The SMILES string of the molecule is CC1(C)CCC(Nc2nc(Cl)nc(-n3cncn3)n2)CC1. The van der Waals surface area contributed by atoms with Crippen LogP contribution in [-0.4, -0.2) is 35.8 Å². The number of hydrogen-bond acceptors (Lipinski definition) is 6. The predicted molar refractivity (Wildman–Crippen MR) is 79.4 cm³/mol. The molecule has 2 heterocycles. The Kier molecular flexibility index (Phi) is 3.75. The maximum Gasteiger partial charge on any atom is 0.258 e. The van der Waals surface area contributed by atoms with E-state index in [-0.39, 0.29) is 5.28 Å². The minimum Gasteiger partial charge on any atom is -0.351 e. The molecule has 0 saturated heterocycles. The predicted octanol–water partition coefficient (Wildman–Crippen LogP) is 2.49. The van der Waals surface area contributed by atoms with Crippen molar-refractivity contribution in [2.45, 2.75) is 45.6 Å². The second-order valence-electron chi connectivity index (χ2n) is 6.15. The first kappa shape index (κ1) is 14.2. The molecule has 1 fully saturated rings. The number of anilines is 1. The molecule has 1 N–H and O–H groups in total. The van der Waals surface area contributed by atoms with Gasteiger partial charge in [0.2, 0.25) is 11.2 Å². The van der Waals surface area contributed by atoms with Crippen molar-refractivity contribution in [2.75, 3.05) is 5.32 Å². The van der Waals surface area contributed by atoms with Gasteiger partial charge in [0.1, 0.15) is 12.7 Å². The van der Waals surface area contributed by atoms with Crippen LogP contribution in [0, 0.1) is 5.41 Å². The standard InChI is InChI=1S/C13H18ClN7/c1-13(2)5-3-9(4-6-13)17-11-18-10(14)19-12(20-11)21-8-15-7-16-21/h7-9H,3-6H2,1-2H3,(H,17,18,19,20). The molecular weight excluding hydrogens is 290 g/mol. The lowest BCUT2D eigenvalue weighted by Gasteiger charge is -2.34. The van der Waals surface area contributed by atoms with Crippen LogP contribution < -0.4 is 5.32 Å². The summed E-state index contributed by atoms with van der Waals surface area (Å²) in [5.74, 6) is 0.858. The third-order valence-corrected chi connectivity index (χ3v) is 4.06. The lowest BCUT2D eigenvalue weighted by molar-refractivity contribution is 0.232. The highest BCUT2D eigenvalue weighted by Crippen LogP contribution is 2.35. The summed E-state index contributed by atoms with van der Waals surface area (Å²) in [6, 6.07) is 0.375. The largest absolute Gasteiger partial charge is 0.351 e. The monoisotopic (exact) mass is 307 g/mol. The summed E-state index contributed by atoms with van der Waals surface area (Å²) in [7, 11) is 0. The Labute approximate surface area is 128 Å². The number of aromatic nitrogens is 6. The molecule has 0 bridgehead atoms. The molecule has 1 saturated carbocycles. The molecule has 2 aromatic heterocycles. The van der Waals surface area contributed by atoms with Crippen LogP contribution in [0.4, 0.5) is 5.95 Å². The first-order chi connectivity index (χ1) is 10.0. The van der Waals surface area contributed by atoms with Gasteiger partial charge in [-0.15, -0.1) is 0 Å². The third kappa shape index (κ3) is 3.47. The second kappa shape index (κ2) is 5.55. The van der Waals surface area contributed by atoms with E-state index in [0.29, 0.717) is 23.4 Å². The van der Waals surface area contributed by atoms with Crippen LogP contribution >= 0.6 is 11.6 Å². The normalized spacial score (nSPS) is 18.6. The van der Waals surface area contributed by atoms with Crippen LogP contribution in [0.1, 0.15) is 39.5 Å². The first-order valence-electron chi connectivity index (χ1n) is 7.05. The van der Waals surface area contributed by atoms with Crippen LogP contribution in [0.15, 0.2) is 12.7 Å². The quantitative estimate of drug-likeness (QED) is 0.938. The number of nitrogens with zero attached hydrogens (tertiary/aromatic N) is 6. The number of nitrogens with one attached hydrogen (secondary N) is 1. The molecule has 0 spiro atoms. The van der Waals surface area contributed by atoms with Gasteiger partial charge in [0.15, 0.2) is 0 Å². The van der Waals surface area contributed by atoms with E-state index in [1.807, 2.05) is 0 Å². The van der Waals surface area contributed by atoms with Crippen molar-refractivity contribution in [1.82, 2.24) is 29.7 Å². The number of rotatable bonds is 3. The minimum atomic E-state index is 0.147. The summed E-state index contributed by atoms with van der Waals surface area (Å²) >= 11 is 5.97. The van der Waals surface area contributed by atoms with Crippen LogP contribution in [0.2, 0.25) is 5.28 Å². The molecule has 21 heavy (non-hydrogen) atoms. The fourth-order valence-electron chi connectivity index (χ4n) is 2.54. The van der Waals surface area contributed by atoms with Crippen molar-refractivity contribution < 1.29 is 0 Å². The van der Waals surface area contributed by atoms with Gasteiger partial charge in [-0.1, -0.05) is 13.8 Å². The molecule has 0 unspecified atom stereocenters. The van der Waals surface area contributed by atoms with E-state index in [0.717, 1.165) is 12.8 Å². The molecule has 0 aliphatic heterocycles. The van der Waals surface area contributed by atoms with Crippen molar-refractivity contribution >= 4 is 17.5 Å². The molecule has 0 aromatic carbocycles. The first-order valence-corrected chi connectivity index (χ1v) is 7.43. The molecule has 1 aliphatic carbocycles.